The molecule has 0 spiro atoms. The van der Waals surface area contributed by atoms with Crippen LogP contribution in [0.15, 0.2) is 42.5 Å². The Morgan fingerprint density at radius 1 is 1.04 bits per heavy atom. The summed E-state index contributed by atoms with van der Waals surface area (Å²) in [5.74, 6) is 0.0496. The molecule has 2 aromatic rings. The first-order valence-electron chi connectivity index (χ1n) is 8.62. The van der Waals surface area contributed by atoms with Gasteiger partial charge in [0.25, 0.3) is 0 Å². The predicted molar refractivity (Wildman–Crippen MR) is 105 cm³/mol. The molecule has 1 aliphatic heterocycles. The Bertz CT molecular complexity index is 734. The fraction of sp³-hybridized carbons (Fsp3) is 0.350. The number of carbonyl (C=O) groups is 1. The number of aryl methyl sites for hydroxylation is 2. The van der Waals surface area contributed by atoms with E-state index in [2.05, 4.69) is 21.2 Å². The number of benzene rings is 2. The maximum absolute atomic E-state index is 12.4. The minimum absolute atomic E-state index is 0.0496. The second kappa shape index (κ2) is 7.89. The zero-order valence-electron chi connectivity index (χ0n) is 14.8. The van der Waals surface area contributed by atoms with E-state index in [4.69, 9.17) is 11.6 Å². The van der Waals surface area contributed by atoms with E-state index in [1.54, 1.807) is 0 Å². The van der Waals surface area contributed by atoms with Gasteiger partial charge in [-0.25, -0.2) is 0 Å². The zero-order chi connectivity index (χ0) is 17.8. The number of para-hydroxylation sites is 1. The van der Waals surface area contributed by atoms with Crippen molar-refractivity contribution in [3.05, 3.63) is 58.6 Å². The third kappa shape index (κ3) is 4.53. The van der Waals surface area contributed by atoms with E-state index in [-0.39, 0.29) is 5.91 Å². The lowest BCUT2D eigenvalue weighted by molar-refractivity contribution is -0.117. The minimum Gasteiger partial charge on any atom is -0.369 e. The van der Waals surface area contributed by atoms with Gasteiger partial charge in [0.2, 0.25) is 5.91 Å². The van der Waals surface area contributed by atoms with Gasteiger partial charge in [0.1, 0.15) is 0 Å². The predicted octanol–water partition coefficient (Wildman–Crippen LogP) is 3.72. The van der Waals surface area contributed by atoms with Crippen molar-refractivity contribution >= 4 is 28.9 Å². The van der Waals surface area contributed by atoms with Crippen molar-refractivity contribution in [2.24, 2.45) is 0 Å². The molecule has 1 N–H and O–H groups in total. The monoisotopic (exact) mass is 357 g/mol. The summed E-state index contributed by atoms with van der Waals surface area (Å²) in [7, 11) is 0. The van der Waals surface area contributed by atoms with Gasteiger partial charge in [0.05, 0.1) is 6.54 Å². The number of piperazine rings is 1. The summed E-state index contributed by atoms with van der Waals surface area (Å²) in [5.41, 5.74) is 4.27. The van der Waals surface area contributed by atoms with Crippen LogP contribution >= 0.6 is 11.6 Å². The summed E-state index contributed by atoms with van der Waals surface area (Å²) < 4.78 is 0. The molecule has 5 heteroatoms. The van der Waals surface area contributed by atoms with E-state index in [0.29, 0.717) is 6.54 Å². The summed E-state index contributed by atoms with van der Waals surface area (Å²) in [4.78, 5) is 16.9. The molecule has 1 aliphatic rings. The lowest BCUT2D eigenvalue weighted by atomic mass is 10.1. The van der Waals surface area contributed by atoms with Crippen LogP contribution in [0.1, 0.15) is 11.1 Å². The molecule has 0 saturated carbocycles. The maximum Gasteiger partial charge on any atom is 0.238 e. The van der Waals surface area contributed by atoms with Crippen LogP contribution in [-0.2, 0) is 4.79 Å². The van der Waals surface area contributed by atoms with Gasteiger partial charge >= 0.3 is 0 Å². The first-order valence-corrected chi connectivity index (χ1v) is 8.99. The summed E-state index contributed by atoms with van der Waals surface area (Å²) in [6.07, 6.45) is 0. The van der Waals surface area contributed by atoms with Crippen LogP contribution in [0.25, 0.3) is 0 Å². The molecule has 0 bridgehead atoms. The molecule has 1 fully saturated rings. The fourth-order valence-electron chi connectivity index (χ4n) is 3.23. The Labute approximate surface area is 154 Å². The van der Waals surface area contributed by atoms with E-state index < -0.39 is 0 Å². The van der Waals surface area contributed by atoms with E-state index in [1.165, 1.54) is 0 Å². The third-order valence-electron chi connectivity index (χ3n) is 4.66. The Morgan fingerprint density at radius 3 is 2.32 bits per heavy atom. The number of anilines is 2. The van der Waals surface area contributed by atoms with Crippen molar-refractivity contribution in [3.8, 4) is 0 Å². The number of halogens is 1. The molecule has 0 aliphatic carbocycles. The molecule has 25 heavy (non-hydrogen) atoms. The van der Waals surface area contributed by atoms with E-state index in [1.807, 2.05) is 50.2 Å². The van der Waals surface area contributed by atoms with Gasteiger partial charge in [-0.05, 0) is 43.2 Å². The van der Waals surface area contributed by atoms with Gasteiger partial charge in [-0.15, -0.1) is 0 Å². The smallest absolute Gasteiger partial charge is 0.238 e. The molecule has 0 unspecified atom stereocenters. The second-order valence-corrected chi connectivity index (χ2v) is 6.99. The summed E-state index contributed by atoms with van der Waals surface area (Å²) in [6, 6.07) is 14.0. The van der Waals surface area contributed by atoms with Crippen molar-refractivity contribution in [2.45, 2.75) is 13.8 Å². The molecule has 3 rings (SSSR count). The van der Waals surface area contributed by atoms with Crippen LogP contribution in [-0.4, -0.2) is 43.5 Å². The Morgan fingerprint density at radius 2 is 1.68 bits per heavy atom. The largest absolute Gasteiger partial charge is 0.369 e. The van der Waals surface area contributed by atoms with Crippen LogP contribution < -0.4 is 10.2 Å². The molecular formula is C20H24ClN3O. The number of hydrogen-bond acceptors (Lipinski definition) is 3. The van der Waals surface area contributed by atoms with Crippen LogP contribution in [0.3, 0.4) is 0 Å². The van der Waals surface area contributed by atoms with Crippen LogP contribution in [0.2, 0.25) is 5.02 Å². The number of carbonyl (C=O) groups excluding carboxylic acids is 1. The lowest BCUT2D eigenvalue weighted by Gasteiger charge is -2.35. The Hall–Kier alpha value is -2.04. The third-order valence-corrected chi connectivity index (χ3v) is 4.89. The highest BCUT2D eigenvalue weighted by molar-refractivity contribution is 6.30. The SMILES string of the molecule is Cc1cccc(C)c1NC(=O)CN1CCN(c2cccc(Cl)c2)CC1. The summed E-state index contributed by atoms with van der Waals surface area (Å²) >= 11 is 6.07. The number of nitrogens with zero attached hydrogens (tertiary/aromatic N) is 2. The number of hydrogen-bond donors (Lipinski definition) is 1. The molecule has 0 radical (unpaired) electrons. The van der Waals surface area contributed by atoms with Crippen molar-refractivity contribution in [2.75, 3.05) is 42.9 Å². The quantitative estimate of drug-likeness (QED) is 0.905. The van der Waals surface area contributed by atoms with Gasteiger partial charge in [0, 0.05) is 42.6 Å². The zero-order valence-corrected chi connectivity index (χ0v) is 15.5. The highest BCUT2D eigenvalue weighted by Crippen LogP contribution is 2.21. The van der Waals surface area contributed by atoms with Crippen molar-refractivity contribution < 1.29 is 4.79 Å². The van der Waals surface area contributed by atoms with Crippen molar-refractivity contribution in [3.63, 3.8) is 0 Å². The molecule has 0 aromatic heterocycles. The lowest BCUT2D eigenvalue weighted by Crippen LogP contribution is -2.48. The Kier molecular flexibility index (Phi) is 5.61. The first kappa shape index (κ1) is 17.8. The van der Waals surface area contributed by atoms with Crippen molar-refractivity contribution in [1.82, 2.24) is 4.90 Å². The average molecular weight is 358 g/mol. The van der Waals surface area contributed by atoms with Gasteiger partial charge in [0.15, 0.2) is 0 Å². The molecule has 1 heterocycles. The van der Waals surface area contributed by atoms with Crippen LogP contribution in [0, 0.1) is 13.8 Å². The van der Waals surface area contributed by atoms with Gasteiger partial charge in [-0.1, -0.05) is 35.9 Å². The summed E-state index contributed by atoms with van der Waals surface area (Å²) in [6.45, 7) is 8.00. The fourth-order valence-corrected chi connectivity index (χ4v) is 3.42. The van der Waals surface area contributed by atoms with Gasteiger partial charge < -0.3 is 10.2 Å². The molecule has 2 aromatic carbocycles. The molecular weight excluding hydrogens is 334 g/mol. The van der Waals surface area contributed by atoms with E-state index >= 15 is 0 Å². The minimum atomic E-state index is 0.0496. The topological polar surface area (TPSA) is 35.6 Å². The van der Waals surface area contributed by atoms with Crippen molar-refractivity contribution in [1.29, 1.82) is 0 Å². The van der Waals surface area contributed by atoms with Gasteiger partial charge in [-0.2, -0.15) is 0 Å². The standard InChI is InChI=1S/C20H24ClN3O/c1-15-5-3-6-16(2)20(15)22-19(25)14-23-9-11-24(12-10-23)18-8-4-7-17(21)13-18/h3-8,13H,9-12,14H2,1-2H3,(H,22,25). The first-order chi connectivity index (χ1) is 12.0. The Balaban J connectivity index is 1.53. The summed E-state index contributed by atoms with van der Waals surface area (Å²) in [5, 5.41) is 3.82. The van der Waals surface area contributed by atoms with Gasteiger partial charge in [-0.3, -0.25) is 9.69 Å². The van der Waals surface area contributed by atoms with Crippen LogP contribution in [0.4, 0.5) is 11.4 Å². The number of amides is 1. The molecule has 1 saturated heterocycles. The normalized spacial score (nSPS) is 15.2. The second-order valence-electron chi connectivity index (χ2n) is 6.56. The maximum atomic E-state index is 12.4. The average Bonchev–Trinajstić information content (AvgIpc) is 2.59. The van der Waals surface area contributed by atoms with E-state index in [0.717, 1.165) is 53.7 Å². The van der Waals surface area contributed by atoms with Crippen LogP contribution in [0.5, 0.6) is 0 Å². The number of nitrogens with one attached hydrogen (secondary N) is 1. The molecule has 132 valence electrons. The molecule has 0 atom stereocenters. The van der Waals surface area contributed by atoms with E-state index in [9.17, 15) is 4.79 Å². The molecule has 1 amide bonds. The molecule has 4 nitrogen and oxygen atoms in total. The highest BCUT2D eigenvalue weighted by atomic mass is 35.5. The highest BCUT2D eigenvalue weighted by Gasteiger charge is 2.19. The number of rotatable bonds is 4.